The predicted octanol–water partition coefficient (Wildman–Crippen LogP) is 1.85. The molecule has 7 heteroatoms. The third kappa shape index (κ3) is 2.86. The molecule has 0 amide bonds. The summed E-state index contributed by atoms with van der Waals surface area (Å²) in [6.07, 6.45) is 5.35. The number of thiazole rings is 1. The fourth-order valence-corrected chi connectivity index (χ4v) is 2.54. The molecule has 0 fully saturated rings. The van der Waals surface area contributed by atoms with Crippen molar-refractivity contribution in [3.05, 3.63) is 29.3 Å². The normalized spacial score (nSPS) is 12.3. The second-order valence-electron chi connectivity index (χ2n) is 4.04. The number of aromatic carboxylic acids is 1. The first kappa shape index (κ1) is 12.6. The number of imidazole rings is 1. The first-order valence-electron chi connectivity index (χ1n) is 5.49. The minimum Gasteiger partial charge on any atom is -0.477 e. The van der Waals surface area contributed by atoms with Gasteiger partial charge in [0.05, 0.1) is 12.0 Å². The molecule has 0 spiro atoms. The molecule has 2 aromatic rings. The van der Waals surface area contributed by atoms with Crippen LogP contribution < -0.4 is 5.32 Å². The summed E-state index contributed by atoms with van der Waals surface area (Å²) >= 11 is 1.16. The number of hydrogen-bond acceptors (Lipinski definition) is 5. The predicted molar refractivity (Wildman–Crippen MR) is 69.1 cm³/mol. The van der Waals surface area contributed by atoms with Gasteiger partial charge in [0.1, 0.15) is 4.88 Å². The fourth-order valence-electron chi connectivity index (χ4n) is 1.62. The van der Waals surface area contributed by atoms with E-state index in [2.05, 4.69) is 15.3 Å². The van der Waals surface area contributed by atoms with Crippen LogP contribution in [0.4, 0.5) is 5.13 Å². The van der Waals surface area contributed by atoms with E-state index in [4.69, 9.17) is 5.11 Å². The molecule has 2 aromatic heterocycles. The average Bonchev–Trinajstić information content (AvgIpc) is 2.88. The molecule has 0 radical (unpaired) electrons. The Bertz CT molecular complexity index is 535. The Labute approximate surface area is 108 Å². The molecule has 6 nitrogen and oxygen atoms in total. The maximum atomic E-state index is 10.9. The van der Waals surface area contributed by atoms with Crippen LogP contribution in [0.25, 0.3) is 0 Å². The number of carboxylic acids is 1. The largest absolute Gasteiger partial charge is 0.477 e. The third-order valence-corrected chi connectivity index (χ3v) is 3.48. The molecule has 0 saturated heterocycles. The Kier molecular flexibility index (Phi) is 3.61. The van der Waals surface area contributed by atoms with E-state index in [9.17, 15) is 4.79 Å². The van der Waals surface area contributed by atoms with E-state index in [0.29, 0.717) is 10.8 Å². The number of anilines is 1. The molecule has 0 aliphatic carbocycles. The number of nitrogens with zero attached hydrogens (tertiary/aromatic N) is 3. The molecule has 2 rings (SSSR count). The van der Waals surface area contributed by atoms with Crippen LogP contribution in [0.5, 0.6) is 0 Å². The highest BCUT2D eigenvalue weighted by molar-refractivity contribution is 7.17. The van der Waals surface area contributed by atoms with Gasteiger partial charge in [0.25, 0.3) is 0 Å². The number of aromatic nitrogens is 3. The first-order valence-corrected chi connectivity index (χ1v) is 6.31. The Morgan fingerprint density at radius 2 is 2.44 bits per heavy atom. The van der Waals surface area contributed by atoms with Crippen molar-refractivity contribution in [2.24, 2.45) is 0 Å². The number of carbonyl (C=O) groups is 1. The van der Waals surface area contributed by atoms with Crippen LogP contribution >= 0.6 is 11.3 Å². The maximum absolute atomic E-state index is 10.9. The number of aryl methyl sites for hydroxylation is 1. The number of nitrogens with one attached hydrogen (secondary N) is 1. The van der Waals surface area contributed by atoms with Crippen molar-refractivity contribution >= 4 is 22.4 Å². The van der Waals surface area contributed by atoms with Crippen LogP contribution in [0, 0.1) is 6.92 Å². The third-order valence-electron chi connectivity index (χ3n) is 2.40. The average molecular weight is 266 g/mol. The van der Waals surface area contributed by atoms with Gasteiger partial charge in [0.15, 0.2) is 5.13 Å². The second kappa shape index (κ2) is 5.18. The van der Waals surface area contributed by atoms with Gasteiger partial charge in [0.2, 0.25) is 0 Å². The smallest absolute Gasteiger partial charge is 0.347 e. The van der Waals surface area contributed by atoms with Gasteiger partial charge in [-0.3, -0.25) is 0 Å². The van der Waals surface area contributed by atoms with Crippen molar-refractivity contribution in [3.8, 4) is 0 Å². The summed E-state index contributed by atoms with van der Waals surface area (Å²) in [4.78, 5) is 19.4. The SMILES string of the molecule is Cc1nc(NC(C)Cn2ccnc2)sc1C(=O)O. The summed E-state index contributed by atoms with van der Waals surface area (Å²) in [6, 6.07) is 0.145. The Morgan fingerprint density at radius 3 is 3.00 bits per heavy atom. The Balaban J connectivity index is 2.01. The second-order valence-corrected chi connectivity index (χ2v) is 5.04. The molecule has 0 aromatic carbocycles. The van der Waals surface area contributed by atoms with Crippen LogP contribution in [0.2, 0.25) is 0 Å². The zero-order chi connectivity index (χ0) is 13.1. The van der Waals surface area contributed by atoms with E-state index in [1.54, 1.807) is 19.4 Å². The summed E-state index contributed by atoms with van der Waals surface area (Å²) in [6.45, 7) is 4.46. The topological polar surface area (TPSA) is 80.0 Å². The summed E-state index contributed by atoms with van der Waals surface area (Å²) in [5, 5.41) is 12.8. The van der Waals surface area contributed by atoms with Crippen molar-refractivity contribution < 1.29 is 9.90 Å². The highest BCUT2D eigenvalue weighted by atomic mass is 32.1. The Morgan fingerprint density at radius 1 is 1.67 bits per heavy atom. The molecular formula is C11H14N4O2S. The zero-order valence-corrected chi connectivity index (χ0v) is 10.9. The zero-order valence-electron chi connectivity index (χ0n) is 10.1. The molecule has 1 unspecified atom stereocenters. The molecule has 96 valence electrons. The van der Waals surface area contributed by atoms with E-state index in [1.807, 2.05) is 17.7 Å². The van der Waals surface area contributed by atoms with Crippen LogP contribution in [0.15, 0.2) is 18.7 Å². The molecule has 0 aliphatic heterocycles. The van der Waals surface area contributed by atoms with Gasteiger partial charge in [-0.25, -0.2) is 14.8 Å². The molecule has 0 saturated carbocycles. The molecule has 0 bridgehead atoms. The van der Waals surface area contributed by atoms with Gasteiger partial charge < -0.3 is 15.0 Å². The van der Waals surface area contributed by atoms with Crippen molar-refractivity contribution in [3.63, 3.8) is 0 Å². The summed E-state index contributed by atoms with van der Waals surface area (Å²) < 4.78 is 1.95. The fraction of sp³-hybridized carbons (Fsp3) is 0.364. The minimum absolute atomic E-state index is 0.145. The Hall–Kier alpha value is -1.89. The number of rotatable bonds is 5. The lowest BCUT2D eigenvalue weighted by Gasteiger charge is -2.12. The molecule has 1 atom stereocenters. The molecule has 18 heavy (non-hydrogen) atoms. The van der Waals surface area contributed by atoms with E-state index in [0.717, 1.165) is 17.9 Å². The van der Waals surface area contributed by atoms with Crippen molar-refractivity contribution in [2.45, 2.75) is 26.4 Å². The van der Waals surface area contributed by atoms with Crippen molar-refractivity contribution in [2.75, 3.05) is 5.32 Å². The van der Waals surface area contributed by atoms with Gasteiger partial charge in [-0.15, -0.1) is 0 Å². The summed E-state index contributed by atoms with van der Waals surface area (Å²) in [5.41, 5.74) is 0.546. The van der Waals surface area contributed by atoms with Gasteiger partial charge in [-0.1, -0.05) is 11.3 Å². The van der Waals surface area contributed by atoms with E-state index in [1.165, 1.54) is 0 Å². The van der Waals surface area contributed by atoms with Crippen LogP contribution in [0.1, 0.15) is 22.3 Å². The quantitative estimate of drug-likeness (QED) is 0.863. The van der Waals surface area contributed by atoms with Crippen LogP contribution in [-0.4, -0.2) is 31.7 Å². The lowest BCUT2D eigenvalue weighted by molar-refractivity contribution is 0.0701. The number of hydrogen-bond donors (Lipinski definition) is 2. The van der Waals surface area contributed by atoms with Crippen LogP contribution in [0.3, 0.4) is 0 Å². The highest BCUT2D eigenvalue weighted by Gasteiger charge is 2.15. The monoisotopic (exact) mass is 266 g/mol. The first-order chi connectivity index (χ1) is 8.56. The maximum Gasteiger partial charge on any atom is 0.347 e. The summed E-state index contributed by atoms with van der Waals surface area (Å²) in [5.74, 6) is -0.930. The lowest BCUT2D eigenvalue weighted by atomic mass is 10.3. The van der Waals surface area contributed by atoms with Crippen LogP contribution in [-0.2, 0) is 6.54 Å². The number of carboxylic acid groups (broad SMARTS) is 1. The molecular weight excluding hydrogens is 252 g/mol. The van der Waals surface area contributed by atoms with E-state index >= 15 is 0 Å². The molecule has 2 N–H and O–H groups in total. The van der Waals surface area contributed by atoms with Gasteiger partial charge in [0, 0.05) is 25.0 Å². The van der Waals surface area contributed by atoms with Gasteiger partial charge in [-0.05, 0) is 13.8 Å². The molecule has 2 heterocycles. The minimum atomic E-state index is -0.930. The lowest BCUT2D eigenvalue weighted by Crippen LogP contribution is -2.21. The van der Waals surface area contributed by atoms with Crippen molar-refractivity contribution in [1.29, 1.82) is 0 Å². The van der Waals surface area contributed by atoms with E-state index < -0.39 is 5.97 Å². The van der Waals surface area contributed by atoms with E-state index in [-0.39, 0.29) is 10.9 Å². The van der Waals surface area contributed by atoms with Gasteiger partial charge in [-0.2, -0.15) is 0 Å². The summed E-state index contributed by atoms with van der Waals surface area (Å²) in [7, 11) is 0. The highest BCUT2D eigenvalue weighted by Crippen LogP contribution is 2.23. The molecule has 0 aliphatic rings. The van der Waals surface area contributed by atoms with Crippen molar-refractivity contribution in [1.82, 2.24) is 14.5 Å². The van der Waals surface area contributed by atoms with Gasteiger partial charge >= 0.3 is 5.97 Å². The standard InChI is InChI=1S/C11H14N4O2S/c1-7(5-15-4-3-12-6-15)13-11-14-8(2)9(18-11)10(16)17/h3-4,6-7H,5H2,1-2H3,(H,13,14)(H,16,17).